The van der Waals surface area contributed by atoms with E-state index in [1.54, 1.807) is 43.7 Å². The van der Waals surface area contributed by atoms with Crippen LogP contribution in [0.25, 0.3) is 21.8 Å². The normalized spacial score (nSPS) is 18.1. The molecule has 0 unspecified atom stereocenters. The van der Waals surface area contributed by atoms with Gasteiger partial charge in [-0.2, -0.15) is 0 Å². The molecule has 6 aromatic rings. The highest BCUT2D eigenvalue weighted by Crippen LogP contribution is 2.41. The van der Waals surface area contributed by atoms with E-state index < -0.39 is 35.3 Å². The average molecular weight is 969 g/mol. The number of carboxylic acids is 1. The number of rotatable bonds is 10. The van der Waals surface area contributed by atoms with Crippen LogP contribution in [0.5, 0.6) is 0 Å². The first-order valence-corrected chi connectivity index (χ1v) is 23.0. The summed E-state index contributed by atoms with van der Waals surface area (Å²) in [4.78, 5) is 50.1. The van der Waals surface area contributed by atoms with Crippen LogP contribution in [-0.2, 0) is 19.1 Å². The summed E-state index contributed by atoms with van der Waals surface area (Å²) in [7, 11) is 1.60. The fraction of sp³-hybridized carbons (Fsp3) is 0.388. The third-order valence-electron chi connectivity index (χ3n) is 13.1. The number of hydrogen-bond donors (Lipinski definition) is 5. The average Bonchev–Trinajstić information content (AvgIpc) is 4.05. The molecule has 8 heterocycles. The summed E-state index contributed by atoms with van der Waals surface area (Å²) in [5.41, 5.74) is 5.59. The van der Waals surface area contributed by atoms with Gasteiger partial charge in [0.1, 0.15) is 47.0 Å². The van der Waals surface area contributed by atoms with Crippen molar-refractivity contribution in [2.24, 2.45) is 0 Å². The Morgan fingerprint density at radius 1 is 0.629 bits per heavy atom. The van der Waals surface area contributed by atoms with E-state index >= 15 is 8.78 Å². The molecule has 10 rings (SSSR count). The van der Waals surface area contributed by atoms with E-state index in [0.717, 1.165) is 56.1 Å². The van der Waals surface area contributed by atoms with Gasteiger partial charge in [-0.25, -0.2) is 32.3 Å². The largest absolute Gasteiger partial charge is 0.480 e. The number of pyridine rings is 4. The number of fused-ring (bicyclic) bond motifs is 2. The Labute approximate surface area is 401 Å². The number of aliphatic carboxylic acids is 1. The van der Waals surface area contributed by atoms with Crippen molar-refractivity contribution >= 4 is 79.4 Å². The van der Waals surface area contributed by atoms with Crippen molar-refractivity contribution in [1.82, 2.24) is 31.4 Å². The number of carbonyl (C=O) groups excluding carboxylic acids is 1. The maximum atomic E-state index is 15.1. The smallest absolute Gasteiger partial charge is 0.326 e. The molecule has 4 fully saturated rings. The van der Waals surface area contributed by atoms with Gasteiger partial charge in [0.05, 0.1) is 107 Å². The predicted molar refractivity (Wildman–Crippen MR) is 261 cm³/mol. The van der Waals surface area contributed by atoms with Gasteiger partial charge >= 0.3 is 5.97 Å². The van der Waals surface area contributed by atoms with Crippen LogP contribution in [0, 0.1) is 37.1 Å². The number of amides is 1. The first-order chi connectivity index (χ1) is 33.4. The maximum absolute atomic E-state index is 15.1. The molecule has 4 saturated heterocycles. The molecule has 0 radical (unpaired) electrons. The number of morpholine rings is 2. The SMILES string of the molecule is CNC(=O)[C@H]1CCCN1c1nc2cc(F)cc(F)c2c(Nc2cncc(N3CCOCC3)c2)c1C.Cc1c(N2CCC[C@@H]2C(=O)O)nc2cc(F)cc(F)c2c1Nc1cncc(N2CCOCC2)c1.N. The quantitative estimate of drug-likeness (QED) is 0.0841. The van der Waals surface area contributed by atoms with Crippen molar-refractivity contribution in [2.75, 3.05) is 103 Å². The number of ether oxygens (including phenoxy) is 2. The lowest BCUT2D eigenvalue weighted by atomic mass is 10.1. The Bertz CT molecular complexity index is 2900. The fourth-order valence-corrected chi connectivity index (χ4v) is 9.66. The van der Waals surface area contributed by atoms with Crippen LogP contribution in [0.4, 0.5) is 63.3 Å². The van der Waals surface area contributed by atoms with Gasteiger partial charge in [0, 0.05) is 81.7 Å². The lowest BCUT2D eigenvalue weighted by Gasteiger charge is -2.29. The number of likely N-dealkylation sites (N-methyl/N-ethyl adjacent to an activating group) is 1. The number of anilines is 8. The van der Waals surface area contributed by atoms with Crippen molar-refractivity contribution in [3.05, 3.63) is 95.6 Å². The van der Waals surface area contributed by atoms with E-state index in [1.807, 2.05) is 24.0 Å². The molecule has 7 N–H and O–H groups in total. The van der Waals surface area contributed by atoms with Gasteiger partial charge in [0.15, 0.2) is 0 Å². The standard InChI is InChI=1S/C25H28F2N6O2.C24H25F2N5O3.H3N/c1-15-23(30-17-12-18(14-29-13-17)32-6-8-35-9-7-32)22-19(27)10-16(26)11-20(22)31-24(15)33-5-3-4-21(33)25(34)28-2;1-14-22(28-16-11-17(13-27-12-16)30-5-7-34-8-6-30)21-18(26)9-15(25)10-19(21)29-23(14)31-4-2-3-20(31)24(32)33;/h10-14,21H,3-9H2,1-2H3,(H,28,34)(H,30,31);9-13,20H,2-8H2,1H3,(H,28,29)(H,32,33);1H3/t21-;20-;/m11./s1. The second kappa shape index (κ2) is 21.3. The van der Waals surface area contributed by atoms with Crippen LogP contribution in [-0.4, -0.2) is 122 Å². The number of nitrogens with zero attached hydrogens (tertiary/aromatic N) is 8. The van der Waals surface area contributed by atoms with Gasteiger partial charge in [-0.1, -0.05) is 0 Å². The number of carboxylic acid groups (broad SMARTS) is 1. The molecule has 0 saturated carbocycles. The number of carbonyl (C=O) groups is 2. The molecular formula is C49H56F4N12O5. The second-order valence-corrected chi connectivity index (χ2v) is 17.4. The van der Waals surface area contributed by atoms with Gasteiger partial charge in [0.25, 0.3) is 0 Å². The van der Waals surface area contributed by atoms with Crippen molar-refractivity contribution in [1.29, 1.82) is 0 Å². The van der Waals surface area contributed by atoms with Crippen LogP contribution in [0.2, 0.25) is 0 Å². The molecule has 4 aliphatic rings. The minimum atomic E-state index is -0.943. The minimum absolute atomic E-state index is 0. The van der Waals surface area contributed by atoms with Gasteiger partial charge in [0.2, 0.25) is 5.91 Å². The summed E-state index contributed by atoms with van der Waals surface area (Å²) in [5, 5.41) is 19.3. The molecule has 1 amide bonds. The summed E-state index contributed by atoms with van der Waals surface area (Å²) < 4.78 is 69.2. The van der Waals surface area contributed by atoms with E-state index in [9.17, 15) is 23.5 Å². The Hall–Kier alpha value is -7.10. The van der Waals surface area contributed by atoms with E-state index in [2.05, 4.69) is 45.7 Å². The fourth-order valence-electron chi connectivity index (χ4n) is 9.66. The zero-order valence-corrected chi connectivity index (χ0v) is 39.2. The second-order valence-electron chi connectivity index (χ2n) is 17.4. The first kappa shape index (κ1) is 49.3. The van der Waals surface area contributed by atoms with Crippen molar-refractivity contribution in [2.45, 2.75) is 51.6 Å². The summed E-state index contributed by atoms with van der Waals surface area (Å²) in [5.74, 6) is -3.00. The molecule has 4 aromatic heterocycles. The zero-order chi connectivity index (χ0) is 48.3. The summed E-state index contributed by atoms with van der Waals surface area (Å²) in [6.07, 6.45) is 9.53. The van der Waals surface area contributed by atoms with Crippen molar-refractivity contribution < 1.29 is 41.7 Å². The van der Waals surface area contributed by atoms with Crippen molar-refractivity contribution in [3.8, 4) is 0 Å². The molecule has 2 atom stereocenters. The molecule has 4 aliphatic heterocycles. The molecule has 0 aliphatic carbocycles. The number of nitrogens with one attached hydrogen (secondary N) is 3. The number of halogens is 4. The minimum Gasteiger partial charge on any atom is -0.480 e. The van der Waals surface area contributed by atoms with E-state index in [1.165, 1.54) is 12.1 Å². The lowest BCUT2D eigenvalue weighted by Crippen LogP contribution is -2.42. The summed E-state index contributed by atoms with van der Waals surface area (Å²) in [6.45, 7) is 10.3. The first-order valence-electron chi connectivity index (χ1n) is 23.0. The third-order valence-corrected chi connectivity index (χ3v) is 13.1. The molecule has 2 aromatic carbocycles. The van der Waals surface area contributed by atoms with Gasteiger partial charge < -0.3 is 56.3 Å². The van der Waals surface area contributed by atoms with Crippen LogP contribution in [0.3, 0.4) is 0 Å². The molecule has 0 bridgehead atoms. The van der Waals surface area contributed by atoms with Gasteiger partial charge in [-0.3, -0.25) is 14.8 Å². The molecular weight excluding hydrogens is 913 g/mol. The highest BCUT2D eigenvalue weighted by Gasteiger charge is 2.35. The van der Waals surface area contributed by atoms with E-state index in [0.29, 0.717) is 104 Å². The Balaban J connectivity index is 0.000000186. The lowest BCUT2D eigenvalue weighted by molar-refractivity contribution is -0.138. The molecule has 0 spiro atoms. The number of aromatic nitrogens is 4. The highest BCUT2D eigenvalue weighted by molar-refractivity contribution is 6.00. The van der Waals surface area contributed by atoms with Crippen LogP contribution < -0.4 is 41.7 Å². The Kier molecular flexibility index (Phi) is 15.0. The van der Waals surface area contributed by atoms with E-state index in [4.69, 9.17) is 9.47 Å². The monoisotopic (exact) mass is 968 g/mol. The van der Waals surface area contributed by atoms with Gasteiger partial charge in [-0.05, 0) is 51.7 Å². The number of hydrogen-bond acceptors (Lipinski definition) is 15. The third kappa shape index (κ3) is 10.1. The maximum Gasteiger partial charge on any atom is 0.326 e. The molecule has 17 nitrogen and oxygen atoms in total. The number of benzene rings is 2. The molecule has 370 valence electrons. The van der Waals surface area contributed by atoms with Crippen LogP contribution in [0.1, 0.15) is 36.8 Å². The van der Waals surface area contributed by atoms with Crippen molar-refractivity contribution in [3.63, 3.8) is 0 Å². The van der Waals surface area contributed by atoms with Crippen LogP contribution >= 0.6 is 0 Å². The molecule has 21 heteroatoms. The van der Waals surface area contributed by atoms with E-state index in [-0.39, 0.29) is 39.9 Å². The van der Waals surface area contributed by atoms with Crippen LogP contribution in [0.15, 0.2) is 61.2 Å². The summed E-state index contributed by atoms with van der Waals surface area (Å²) >= 11 is 0. The zero-order valence-electron chi connectivity index (χ0n) is 39.2. The Morgan fingerprint density at radius 3 is 1.49 bits per heavy atom. The van der Waals surface area contributed by atoms with Gasteiger partial charge in [-0.15, -0.1) is 0 Å². The topological polar surface area (TPSA) is 208 Å². The highest BCUT2D eigenvalue weighted by atomic mass is 19.1. The summed E-state index contributed by atoms with van der Waals surface area (Å²) in [6, 6.07) is 6.82. The predicted octanol–water partition coefficient (Wildman–Crippen LogP) is 7.52. The Morgan fingerprint density at radius 2 is 1.06 bits per heavy atom. The molecule has 70 heavy (non-hydrogen) atoms.